The molecule has 0 aliphatic rings. The van der Waals surface area contributed by atoms with Crippen LogP contribution in [-0.2, 0) is 33.1 Å². The normalized spacial score (nSPS) is 11.6. The fraction of sp³-hybridized carbons (Fsp3) is 0.727. The minimum Gasteiger partial charge on any atom is -0.744 e. The summed E-state index contributed by atoms with van der Waals surface area (Å²) in [6.45, 7) is 4.49. The first-order chi connectivity index (χ1) is 25.6. The number of hydrogen-bond acceptors (Lipinski definition) is 7. The zero-order valence-corrected chi connectivity index (χ0v) is 41.0. The molecule has 0 N–H and O–H groups in total. The molecule has 0 heterocycles. The first-order valence-electron chi connectivity index (χ1n) is 21.4. The molecule has 2 rings (SSSR count). The summed E-state index contributed by atoms with van der Waals surface area (Å²) in [7, 11) is -9.54. The second-order valence-corrected chi connectivity index (χ2v) is 17.9. The summed E-state index contributed by atoms with van der Waals surface area (Å²) in [6.07, 6.45) is 34.2. The molecule has 0 atom stereocenters. The molecule has 11 heteroatoms. The van der Waals surface area contributed by atoms with Gasteiger partial charge in [-0.2, -0.15) is 0 Å². The van der Waals surface area contributed by atoms with Crippen molar-refractivity contribution in [3.63, 3.8) is 0 Å². The Morgan fingerprint density at radius 3 is 0.873 bits per heavy atom. The van der Waals surface area contributed by atoms with Gasteiger partial charge in [0.2, 0.25) is 0 Å². The van der Waals surface area contributed by atoms with E-state index in [4.69, 9.17) is 4.74 Å². The summed E-state index contributed by atoms with van der Waals surface area (Å²) >= 11 is 0. The second-order valence-electron chi connectivity index (χ2n) is 15.2. The van der Waals surface area contributed by atoms with Crippen LogP contribution in [0.25, 0.3) is 0 Å². The van der Waals surface area contributed by atoms with Crippen molar-refractivity contribution in [3.05, 3.63) is 47.5 Å². The van der Waals surface area contributed by atoms with Gasteiger partial charge in [0, 0.05) is 11.1 Å². The molecule has 7 nitrogen and oxygen atoms in total. The average Bonchev–Trinajstić information content (AvgIpc) is 3.12. The maximum Gasteiger partial charge on any atom is 1.00 e. The smallest absolute Gasteiger partial charge is 0.744 e. The maximum atomic E-state index is 12.3. The van der Waals surface area contributed by atoms with E-state index in [0.717, 1.165) is 38.5 Å². The number of unbranched alkanes of at least 4 members (excludes halogenated alkanes) is 26. The standard InChI is InChI=1S/C44H74O7S2.2Na/c1-3-5-7-9-11-13-15-17-19-21-23-25-27-29-33-39-41(35-31-37-43(39)52(45,46)47)51-42-36-32-38-44(53(48,49)50)40(42)34-30-28-26-24-22-20-18-16-14-12-10-8-6-4-2;;/h31-32,35-38H,3-30,33-34H2,1-2H3,(H,45,46,47)(H,48,49,50);;/q;2*+1/p-2. The van der Waals surface area contributed by atoms with Crippen LogP contribution in [0.2, 0.25) is 0 Å². The van der Waals surface area contributed by atoms with Gasteiger partial charge in [-0.1, -0.05) is 193 Å². The molecule has 0 aromatic heterocycles. The molecule has 2 aromatic carbocycles. The molecule has 55 heavy (non-hydrogen) atoms. The Morgan fingerprint density at radius 2 is 0.636 bits per heavy atom. The molecule has 0 fully saturated rings. The molecule has 2 aromatic rings. The van der Waals surface area contributed by atoms with Crippen molar-refractivity contribution in [1.82, 2.24) is 0 Å². The third kappa shape index (κ3) is 25.3. The summed E-state index contributed by atoms with van der Waals surface area (Å²) in [5, 5.41) is 0. The van der Waals surface area contributed by atoms with Crippen LogP contribution < -0.4 is 63.9 Å². The van der Waals surface area contributed by atoms with Gasteiger partial charge in [0.05, 0.1) is 9.79 Å². The van der Waals surface area contributed by atoms with E-state index in [1.54, 1.807) is 12.1 Å². The van der Waals surface area contributed by atoms with E-state index in [1.807, 2.05) is 0 Å². The predicted octanol–water partition coefficient (Wildman–Crippen LogP) is 7.34. The topological polar surface area (TPSA) is 124 Å². The Labute approximate surface area is 381 Å². The molecular formula is C44H72Na2O7S2. The molecule has 0 spiro atoms. The van der Waals surface area contributed by atoms with E-state index in [0.29, 0.717) is 36.8 Å². The van der Waals surface area contributed by atoms with E-state index in [9.17, 15) is 25.9 Å². The number of hydrogen-bond donors (Lipinski definition) is 0. The molecule has 0 aliphatic heterocycles. The SMILES string of the molecule is CCCCCCCCCCCCCCCCc1c(Oc2cccc(S(=O)(=O)[O-])c2CCCCCCCCCCCCCCCC)cccc1S(=O)(=O)[O-].[Na+].[Na+]. The van der Waals surface area contributed by atoms with Crippen LogP contribution in [0.15, 0.2) is 46.2 Å². The summed E-state index contributed by atoms with van der Waals surface area (Å²) < 4.78 is 80.0. The molecule has 0 saturated heterocycles. The number of benzene rings is 2. The average molecular weight is 823 g/mol. The quantitative estimate of drug-likeness (QED) is 0.0411. The van der Waals surface area contributed by atoms with Crippen LogP contribution in [0.1, 0.15) is 205 Å². The number of rotatable bonds is 34. The zero-order valence-electron chi connectivity index (χ0n) is 35.4. The van der Waals surface area contributed by atoms with Crippen LogP contribution in [0.5, 0.6) is 11.5 Å². The van der Waals surface area contributed by atoms with Crippen LogP contribution in [-0.4, -0.2) is 25.9 Å². The Morgan fingerprint density at radius 1 is 0.400 bits per heavy atom. The van der Waals surface area contributed by atoms with Gasteiger partial charge in [-0.05, 0) is 49.9 Å². The fourth-order valence-corrected chi connectivity index (χ4v) is 8.85. The van der Waals surface area contributed by atoms with Crippen molar-refractivity contribution in [3.8, 4) is 11.5 Å². The van der Waals surface area contributed by atoms with Gasteiger partial charge in [0.1, 0.15) is 31.7 Å². The van der Waals surface area contributed by atoms with Gasteiger partial charge in [-0.15, -0.1) is 0 Å². The third-order valence-electron chi connectivity index (χ3n) is 10.5. The molecule has 0 radical (unpaired) electrons. The third-order valence-corrected chi connectivity index (χ3v) is 12.3. The van der Waals surface area contributed by atoms with Gasteiger partial charge in [0.15, 0.2) is 0 Å². The van der Waals surface area contributed by atoms with Crippen LogP contribution in [0.3, 0.4) is 0 Å². The first kappa shape index (κ1) is 55.1. The van der Waals surface area contributed by atoms with Gasteiger partial charge in [-0.3, -0.25) is 0 Å². The van der Waals surface area contributed by atoms with Gasteiger partial charge in [-0.25, -0.2) is 16.8 Å². The molecular weight excluding hydrogens is 751 g/mol. The van der Waals surface area contributed by atoms with Crippen LogP contribution >= 0.6 is 0 Å². The van der Waals surface area contributed by atoms with Crippen molar-refractivity contribution in [2.24, 2.45) is 0 Å². The van der Waals surface area contributed by atoms with E-state index >= 15 is 0 Å². The summed E-state index contributed by atoms with van der Waals surface area (Å²) in [4.78, 5) is -0.628. The fourth-order valence-electron chi connectivity index (χ4n) is 7.35. The van der Waals surface area contributed by atoms with Crippen molar-refractivity contribution in [2.75, 3.05) is 0 Å². The zero-order chi connectivity index (χ0) is 38.6. The molecule has 0 amide bonds. The largest absolute Gasteiger partial charge is 1.00 e. The molecule has 0 unspecified atom stereocenters. The Kier molecular flexibility index (Phi) is 33.9. The van der Waals surface area contributed by atoms with E-state index in [2.05, 4.69) is 13.8 Å². The van der Waals surface area contributed by atoms with E-state index < -0.39 is 20.2 Å². The molecule has 304 valence electrons. The van der Waals surface area contributed by atoms with Crippen LogP contribution in [0, 0.1) is 0 Å². The monoisotopic (exact) mass is 822 g/mol. The van der Waals surface area contributed by atoms with Crippen molar-refractivity contribution in [1.29, 1.82) is 0 Å². The van der Waals surface area contributed by atoms with Crippen LogP contribution in [0.4, 0.5) is 0 Å². The second kappa shape index (κ2) is 33.8. The minimum atomic E-state index is -4.77. The van der Waals surface area contributed by atoms with Gasteiger partial charge >= 0.3 is 59.1 Å². The first-order valence-corrected chi connectivity index (χ1v) is 24.2. The van der Waals surface area contributed by atoms with Gasteiger partial charge < -0.3 is 13.8 Å². The Balaban J connectivity index is 0.0000146. The summed E-state index contributed by atoms with van der Waals surface area (Å²) in [5.41, 5.74) is 0.610. The van der Waals surface area contributed by atoms with Crippen molar-refractivity contribution in [2.45, 2.75) is 216 Å². The predicted molar refractivity (Wildman–Crippen MR) is 217 cm³/mol. The minimum absolute atomic E-state index is 0. The van der Waals surface area contributed by atoms with Crippen molar-refractivity contribution >= 4 is 20.2 Å². The number of ether oxygens (including phenoxy) is 1. The molecule has 0 aliphatic carbocycles. The van der Waals surface area contributed by atoms with Crippen molar-refractivity contribution < 1.29 is 89.8 Å². The van der Waals surface area contributed by atoms with E-state index in [-0.39, 0.29) is 80.4 Å². The molecule has 0 bridgehead atoms. The maximum absolute atomic E-state index is 12.3. The van der Waals surface area contributed by atoms with E-state index in [1.165, 1.54) is 153 Å². The summed E-state index contributed by atoms with van der Waals surface area (Å²) in [6, 6.07) is 8.78. The Hall–Kier alpha value is 0.0600. The molecule has 0 saturated carbocycles. The van der Waals surface area contributed by atoms with Gasteiger partial charge in [0.25, 0.3) is 0 Å². The summed E-state index contributed by atoms with van der Waals surface area (Å²) in [5.74, 6) is 0.415. The Bertz CT molecular complexity index is 1360.